The molecule has 58 valence electrons. The smallest absolute Gasteiger partial charge is 0.491 e. The van der Waals surface area contributed by atoms with Gasteiger partial charge in [-0.1, -0.05) is 13.8 Å². The quantitative estimate of drug-likeness (QED) is 0.450. The lowest BCUT2D eigenvalue weighted by Gasteiger charge is -2.03. The number of hydrogen-bond acceptors (Lipinski definition) is 3. The van der Waals surface area contributed by atoms with Crippen molar-refractivity contribution in [3.05, 3.63) is 0 Å². The third-order valence-corrected chi connectivity index (χ3v) is 1.32. The Kier molecular flexibility index (Phi) is 5.24. The number of rotatable bonds is 4. The summed E-state index contributed by atoms with van der Waals surface area (Å²) < 4.78 is 9.55. The lowest BCUT2D eigenvalue weighted by atomic mass is 10.2. The maximum Gasteiger partial charge on any atom is 0.523 e. The molecule has 0 bridgehead atoms. The Hall–Kier alpha value is -0.353. The van der Waals surface area contributed by atoms with Gasteiger partial charge in [0.2, 0.25) is 0 Å². The van der Waals surface area contributed by atoms with E-state index in [1.165, 1.54) is 6.92 Å². The summed E-state index contributed by atoms with van der Waals surface area (Å²) >= 11 is 0. The van der Waals surface area contributed by atoms with Crippen LogP contribution in [-0.2, 0) is 13.6 Å². The molecule has 0 spiro atoms. The number of carbonyl (C=O) groups excluding carboxylic acids is 1. The normalized spacial score (nSPS) is 10.0. The van der Waals surface area contributed by atoms with Gasteiger partial charge < -0.3 is 8.85 Å². The number of carbonyl (C=O) groups is 1. The monoisotopic (exact) mass is 160 g/mol. The fourth-order valence-corrected chi connectivity index (χ4v) is 0.866. The summed E-state index contributed by atoms with van der Waals surface area (Å²) in [6.07, 6.45) is 0. The van der Waals surface area contributed by atoms with Crippen molar-refractivity contribution in [2.75, 3.05) is 6.61 Å². The molecule has 0 amide bonds. The van der Waals surface area contributed by atoms with Gasteiger partial charge >= 0.3 is 10.0 Å². The molecule has 4 heteroatoms. The zero-order valence-corrected chi connectivity index (χ0v) is 7.51. The minimum atomic E-state index is -0.290. The van der Waals surface area contributed by atoms with E-state index in [2.05, 4.69) is 4.43 Å². The van der Waals surface area contributed by atoms with E-state index in [1.807, 2.05) is 13.8 Å². The molecule has 0 heterocycles. The van der Waals surface area contributed by atoms with E-state index >= 15 is 0 Å². The van der Waals surface area contributed by atoms with E-state index in [0.717, 1.165) is 0 Å². The van der Waals surface area contributed by atoms with E-state index in [4.69, 9.17) is 4.43 Å². The highest BCUT2D eigenvalue weighted by atomic mass is 28.3. The van der Waals surface area contributed by atoms with E-state index < -0.39 is 0 Å². The highest BCUT2D eigenvalue weighted by Crippen LogP contribution is 1.90. The Morgan fingerprint density at radius 3 is 2.60 bits per heavy atom. The van der Waals surface area contributed by atoms with Gasteiger partial charge in [-0.2, -0.15) is 0 Å². The average molecular weight is 160 g/mol. The highest BCUT2D eigenvalue weighted by Gasteiger charge is 1.99. The van der Waals surface area contributed by atoms with Crippen molar-refractivity contribution in [1.82, 2.24) is 0 Å². The van der Waals surface area contributed by atoms with Crippen LogP contribution in [0.3, 0.4) is 0 Å². The van der Waals surface area contributed by atoms with Gasteiger partial charge in [0.25, 0.3) is 5.97 Å². The molecule has 0 aliphatic heterocycles. The largest absolute Gasteiger partial charge is 0.523 e. The molecule has 0 aromatic carbocycles. The highest BCUT2D eigenvalue weighted by molar-refractivity contribution is 6.22. The lowest BCUT2D eigenvalue weighted by Crippen LogP contribution is -2.11. The van der Waals surface area contributed by atoms with Crippen molar-refractivity contribution < 1.29 is 13.6 Å². The first-order chi connectivity index (χ1) is 4.63. The first-order valence-electron chi connectivity index (χ1n) is 3.17. The van der Waals surface area contributed by atoms with Crippen molar-refractivity contribution in [2.45, 2.75) is 20.8 Å². The van der Waals surface area contributed by atoms with Crippen LogP contribution < -0.4 is 0 Å². The predicted molar refractivity (Wildman–Crippen MR) is 38.3 cm³/mol. The molecule has 0 aliphatic carbocycles. The fourth-order valence-electron chi connectivity index (χ4n) is 0.289. The Bertz CT molecular complexity index is 103. The van der Waals surface area contributed by atoms with E-state index in [1.54, 1.807) is 0 Å². The molecule has 0 atom stereocenters. The minimum absolute atomic E-state index is 0.144. The summed E-state index contributed by atoms with van der Waals surface area (Å²) in [4.78, 5) is 10.2. The first-order valence-corrected chi connectivity index (χ1v) is 3.98. The molecule has 0 aromatic heterocycles. The van der Waals surface area contributed by atoms with Gasteiger partial charge in [-0.3, -0.25) is 4.79 Å². The average Bonchev–Trinajstić information content (AvgIpc) is 1.79. The summed E-state index contributed by atoms with van der Waals surface area (Å²) in [7, 11) is -0.144. The van der Waals surface area contributed by atoms with Gasteiger partial charge in [-0.15, -0.1) is 0 Å². The van der Waals surface area contributed by atoms with E-state index in [9.17, 15) is 4.79 Å². The second kappa shape index (κ2) is 5.43. The lowest BCUT2D eigenvalue weighted by molar-refractivity contribution is -0.132. The van der Waals surface area contributed by atoms with Gasteiger partial charge in [0, 0.05) is 13.5 Å². The molecular weight excluding hydrogens is 148 g/mol. The molecule has 0 unspecified atom stereocenters. The van der Waals surface area contributed by atoms with Crippen LogP contribution in [-0.4, -0.2) is 22.6 Å². The molecule has 0 N–H and O–H groups in total. The maximum atomic E-state index is 10.2. The van der Waals surface area contributed by atoms with Crippen LogP contribution in [0.5, 0.6) is 0 Å². The van der Waals surface area contributed by atoms with Gasteiger partial charge in [-0.05, 0) is 5.92 Å². The molecule has 0 aliphatic rings. The van der Waals surface area contributed by atoms with Crippen molar-refractivity contribution in [3.63, 3.8) is 0 Å². The Morgan fingerprint density at radius 2 is 2.20 bits per heavy atom. The van der Waals surface area contributed by atoms with Crippen LogP contribution in [0.25, 0.3) is 0 Å². The Labute approximate surface area is 63.8 Å². The summed E-state index contributed by atoms with van der Waals surface area (Å²) in [6.45, 7) is 6.09. The predicted octanol–water partition coefficient (Wildman–Crippen LogP) is 0.756. The summed E-state index contributed by atoms with van der Waals surface area (Å²) in [5.74, 6) is 0.199. The maximum absolute atomic E-state index is 10.2. The SMILES string of the molecule is CC(=O)O[Si]OCC(C)C. The molecule has 2 radical (unpaired) electrons. The summed E-state index contributed by atoms with van der Waals surface area (Å²) in [6, 6.07) is 0. The minimum Gasteiger partial charge on any atom is -0.491 e. The second-order valence-corrected chi connectivity index (χ2v) is 3.04. The van der Waals surface area contributed by atoms with Gasteiger partial charge in [0.15, 0.2) is 0 Å². The van der Waals surface area contributed by atoms with E-state index in [0.29, 0.717) is 12.5 Å². The Balaban J connectivity index is 2.98. The second-order valence-electron chi connectivity index (χ2n) is 2.38. The first kappa shape index (κ1) is 9.65. The topological polar surface area (TPSA) is 35.5 Å². The molecule has 0 rings (SSSR count). The van der Waals surface area contributed by atoms with Gasteiger partial charge in [0.1, 0.15) is 0 Å². The third-order valence-electron chi connectivity index (χ3n) is 0.661. The van der Waals surface area contributed by atoms with Crippen LogP contribution >= 0.6 is 0 Å². The molecule has 0 saturated heterocycles. The van der Waals surface area contributed by atoms with Crippen molar-refractivity contribution in [1.29, 1.82) is 0 Å². The van der Waals surface area contributed by atoms with Gasteiger partial charge in [0.05, 0.1) is 0 Å². The molecule has 10 heavy (non-hydrogen) atoms. The Morgan fingerprint density at radius 1 is 1.60 bits per heavy atom. The molecule has 0 fully saturated rings. The van der Waals surface area contributed by atoms with Gasteiger partial charge in [-0.25, -0.2) is 0 Å². The van der Waals surface area contributed by atoms with Crippen molar-refractivity contribution >= 4 is 16.0 Å². The molecule has 0 aromatic rings. The molecule has 3 nitrogen and oxygen atoms in total. The van der Waals surface area contributed by atoms with Crippen LogP contribution in [0.15, 0.2) is 0 Å². The molecular formula is C6H12O3Si. The zero-order chi connectivity index (χ0) is 7.98. The third kappa shape index (κ3) is 7.65. The standard InChI is InChI=1S/C6H12O3Si/c1-5(2)4-8-10-9-6(3)7/h5H,4H2,1-3H3. The van der Waals surface area contributed by atoms with Crippen LogP contribution in [0, 0.1) is 5.92 Å². The van der Waals surface area contributed by atoms with Crippen LogP contribution in [0.2, 0.25) is 0 Å². The van der Waals surface area contributed by atoms with Crippen molar-refractivity contribution in [3.8, 4) is 0 Å². The van der Waals surface area contributed by atoms with E-state index in [-0.39, 0.29) is 16.0 Å². The summed E-state index contributed by atoms with van der Waals surface area (Å²) in [5, 5.41) is 0. The van der Waals surface area contributed by atoms with Crippen LogP contribution in [0.1, 0.15) is 20.8 Å². The number of hydrogen-bond donors (Lipinski definition) is 0. The van der Waals surface area contributed by atoms with Crippen molar-refractivity contribution in [2.24, 2.45) is 5.92 Å². The summed E-state index contributed by atoms with van der Waals surface area (Å²) in [5.41, 5.74) is 0. The molecule has 0 saturated carbocycles. The fraction of sp³-hybridized carbons (Fsp3) is 0.833. The van der Waals surface area contributed by atoms with Crippen LogP contribution in [0.4, 0.5) is 0 Å². The zero-order valence-electron chi connectivity index (χ0n) is 6.51.